The third-order valence-corrected chi connectivity index (χ3v) is 20.1. The molecule has 0 N–H and O–H groups in total. The highest BCUT2D eigenvalue weighted by atomic mass is 16.7. The Hall–Kier alpha value is -11.5. The molecular weight excluding hydrogens is 1250 g/mol. The first-order valence-electron chi connectivity index (χ1n) is 34.7. The van der Waals surface area contributed by atoms with Crippen molar-refractivity contribution < 1.29 is 18.3 Å². The molecule has 12 heteroatoms. The molecule has 0 saturated heterocycles. The summed E-state index contributed by atoms with van der Waals surface area (Å²) in [5.41, 5.74) is 30.1. The molecule has 15 aromatic rings. The van der Waals surface area contributed by atoms with Gasteiger partial charge in [0, 0.05) is 57.6 Å². The van der Waals surface area contributed by atoms with Gasteiger partial charge < -0.3 is 18.3 Å². The van der Waals surface area contributed by atoms with Gasteiger partial charge in [-0.2, -0.15) is 0 Å². The molecule has 1 aliphatic heterocycles. The van der Waals surface area contributed by atoms with E-state index in [1.165, 1.54) is 122 Å². The first-order valence-corrected chi connectivity index (χ1v) is 34.7. The molecule has 101 heavy (non-hydrogen) atoms. The largest absolute Gasteiger partial charge is 0.452 e. The fraction of sp³-hybridized carbons (Fsp3) is 0.213. The Labute approximate surface area is 584 Å². The van der Waals surface area contributed by atoms with Crippen LogP contribution in [-0.4, -0.2) is 35.7 Å². The van der Waals surface area contributed by atoms with E-state index in [1.807, 2.05) is 79.7 Å². The van der Waals surface area contributed by atoms with E-state index in [9.17, 15) is 9.59 Å². The smallest absolute Gasteiger partial charge is 0.344 e. The van der Waals surface area contributed by atoms with E-state index < -0.39 is 5.79 Å². The third-order valence-electron chi connectivity index (χ3n) is 20.1. The van der Waals surface area contributed by atoms with Crippen molar-refractivity contribution >= 4 is 65.0 Å². The van der Waals surface area contributed by atoms with Crippen LogP contribution in [0.4, 0.5) is 0 Å². The average molecular weight is 1320 g/mol. The zero-order valence-electron chi connectivity index (χ0n) is 59.3. The Morgan fingerprint density at radius 3 is 1.10 bits per heavy atom. The number of hydrogen-bond acceptors (Lipinski definition) is 12. The molecule has 4 aromatic heterocycles. The molecule has 0 saturated carbocycles. The van der Waals surface area contributed by atoms with Gasteiger partial charge in [-0.3, -0.25) is 0 Å². The van der Waals surface area contributed by atoms with Crippen LogP contribution >= 0.6 is 0 Å². The van der Waals surface area contributed by atoms with Crippen LogP contribution in [0.1, 0.15) is 126 Å². The fourth-order valence-corrected chi connectivity index (χ4v) is 16.8. The summed E-state index contributed by atoms with van der Waals surface area (Å²) in [6.45, 7) is 28.4. The lowest BCUT2D eigenvalue weighted by molar-refractivity contribution is -0.0779. The van der Waals surface area contributed by atoms with E-state index >= 15 is 0 Å². The summed E-state index contributed by atoms with van der Waals surface area (Å²) in [7, 11) is 0. The molecular formula is C89H74N6O6. The molecule has 0 atom stereocenters. The predicted octanol–water partition coefficient (Wildman–Crippen LogP) is 20.1. The number of ether oxygens (including phenoxy) is 2. The monoisotopic (exact) mass is 1320 g/mol. The summed E-state index contributed by atoms with van der Waals surface area (Å²) in [6.07, 6.45) is 3.57. The second kappa shape index (κ2) is 23.3. The van der Waals surface area contributed by atoms with Crippen LogP contribution < -0.4 is 20.7 Å². The summed E-state index contributed by atoms with van der Waals surface area (Å²) >= 11 is 0. The first kappa shape index (κ1) is 63.0. The molecule has 11 aromatic carbocycles. The number of nitrogens with zero attached hydrogens (tertiary/aromatic N) is 6. The second-order valence-corrected chi connectivity index (χ2v) is 29.2. The van der Waals surface area contributed by atoms with Crippen molar-refractivity contribution in [3.8, 4) is 67.7 Å². The van der Waals surface area contributed by atoms with Gasteiger partial charge in [-0.25, -0.2) is 39.5 Å². The van der Waals surface area contributed by atoms with Gasteiger partial charge in [0.2, 0.25) is 5.79 Å². The van der Waals surface area contributed by atoms with Crippen molar-refractivity contribution in [2.75, 3.05) is 0 Å². The van der Waals surface area contributed by atoms with Crippen molar-refractivity contribution in [3.05, 3.63) is 279 Å². The predicted molar refractivity (Wildman–Crippen MR) is 405 cm³/mol. The Morgan fingerprint density at radius 2 is 0.624 bits per heavy atom. The molecule has 496 valence electrons. The van der Waals surface area contributed by atoms with Gasteiger partial charge in [0.05, 0.1) is 10.8 Å². The van der Waals surface area contributed by atoms with Crippen LogP contribution in [0.15, 0.2) is 164 Å². The van der Waals surface area contributed by atoms with Gasteiger partial charge in [-0.15, -0.1) is 0 Å². The topological polar surface area (TPSA) is 156 Å². The molecule has 5 heterocycles. The number of aryl methyl sites for hydroxylation is 12. The third kappa shape index (κ3) is 11.2. The molecule has 12 nitrogen and oxygen atoms in total. The second-order valence-electron chi connectivity index (χ2n) is 29.2. The number of rotatable bonds is 4. The highest BCUT2D eigenvalue weighted by Gasteiger charge is 2.36. The molecule has 0 radical (unpaired) electrons. The fourth-order valence-electron chi connectivity index (χ4n) is 16.8. The SMILES string of the molecule is Cc1cc(C)cc(-c2cc3c4c(c2)OC(C)(C)Oc2cc(C)cc(c2-4)C3)c1.Cc1cc(C)cc(-c2cc3c4c(ccc5cc(C)cc(c54)C3)c2)c1.Cc1cc2c3c(c1)c(=O)oc1cc(-c4nc(C)nc(C)n4)cc(c13)C2.Cc1cc2c3c(c1)c(=O)oc1cc(-c4nc(C)nc(C)n4)cc(c13)C2. The Balaban J connectivity index is 0.000000100. The number of hydrogen-bond donors (Lipinski definition) is 0. The van der Waals surface area contributed by atoms with Crippen molar-refractivity contribution in [1.82, 2.24) is 29.9 Å². The van der Waals surface area contributed by atoms with Crippen molar-refractivity contribution in [2.45, 2.75) is 128 Å². The van der Waals surface area contributed by atoms with Gasteiger partial charge >= 0.3 is 11.3 Å². The molecule has 20 rings (SSSR count). The van der Waals surface area contributed by atoms with E-state index in [0.717, 1.165) is 92.1 Å². The molecule has 5 aliphatic rings. The van der Waals surface area contributed by atoms with Gasteiger partial charge in [0.15, 0.2) is 11.6 Å². The van der Waals surface area contributed by atoms with Gasteiger partial charge in [-0.1, -0.05) is 113 Å². The maximum Gasteiger partial charge on any atom is 0.344 e. The molecule has 4 aliphatic carbocycles. The van der Waals surface area contributed by atoms with Gasteiger partial charge in [-0.05, 0) is 274 Å². The molecule has 0 unspecified atom stereocenters. The minimum Gasteiger partial charge on any atom is -0.452 e. The van der Waals surface area contributed by atoms with Crippen LogP contribution in [0.2, 0.25) is 0 Å². The van der Waals surface area contributed by atoms with Crippen LogP contribution in [0.5, 0.6) is 11.5 Å². The Kier molecular flexibility index (Phi) is 14.5. The summed E-state index contributed by atoms with van der Waals surface area (Å²) in [4.78, 5) is 51.2. The standard InChI is InChI=1S/C25H24O2.C24H20.2C20H15N3O2/c1-14-6-15(2)8-17(7-14)18-11-20-12-19-9-16(3)10-21-23(19)24(20)22(13-18)27-25(4,5)26-21;1-14-6-15(2)9-19(8-14)20-11-18-5-4-17-7-16(3)10-21-13-22(12-20)24(18)23(17)21;2*1-9-4-12-6-13-7-14(19-22-10(2)21-11(3)23-19)8-16-18(13)17(12)15(5-9)20(24)25-16/h6-11,13H,12H2,1-5H3;4-12H,13H2,1-3H3;2*4-5,7-8H,6H2,1-3H3. The van der Waals surface area contributed by atoms with Crippen LogP contribution in [0.25, 0.3) is 121 Å². The summed E-state index contributed by atoms with van der Waals surface area (Å²) in [5.74, 6) is 5.07. The number of aromatic nitrogens is 6. The Morgan fingerprint density at radius 1 is 0.297 bits per heavy atom. The summed E-state index contributed by atoms with van der Waals surface area (Å²) < 4.78 is 23.9. The lowest BCUT2D eigenvalue weighted by Crippen LogP contribution is -2.34. The minimum absolute atomic E-state index is 0.291. The Bertz CT molecular complexity index is 6050. The van der Waals surface area contributed by atoms with E-state index in [1.54, 1.807) is 0 Å². The average Bonchev–Trinajstić information content (AvgIpc) is 1.76. The first-order chi connectivity index (χ1) is 48.4. The van der Waals surface area contributed by atoms with Crippen LogP contribution in [0.3, 0.4) is 0 Å². The maximum absolute atomic E-state index is 12.5. The minimum atomic E-state index is -0.708. The molecule has 0 bridgehead atoms. The van der Waals surface area contributed by atoms with E-state index in [-0.39, 0.29) is 11.3 Å². The highest BCUT2D eigenvalue weighted by molar-refractivity contribution is 6.15. The number of benzene rings is 11. The van der Waals surface area contributed by atoms with E-state index in [0.29, 0.717) is 56.9 Å². The quantitative estimate of drug-likeness (QED) is 0.122. The normalized spacial score (nSPS) is 13.4. The van der Waals surface area contributed by atoms with Gasteiger partial charge in [0.1, 0.15) is 46.0 Å². The van der Waals surface area contributed by atoms with Crippen molar-refractivity contribution in [2.24, 2.45) is 0 Å². The molecule has 0 spiro atoms. The van der Waals surface area contributed by atoms with Crippen molar-refractivity contribution in [1.29, 1.82) is 0 Å². The van der Waals surface area contributed by atoms with Crippen molar-refractivity contribution in [3.63, 3.8) is 0 Å². The molecule has 0 fully saturated rings. The lowest BCUT2D eigenvalue weighted by atomic mass is 9.95. The maximum atomic E-state index is 12.5. The lowest BCUT2D eigenvalue weighted by Gasteiger charge is -2.26. The molecule has 0 amide bonds. The van der Waals surface area contributed by atoms with Crippen LogP contribution in [0, 0.1) is 83.1 Å². The summed E-state index contributed by atoms with van der Waals surface area (Å²) in [5, 5.41) is 11.2. The zero-order chi connectivity index (χ0) is 69.9. The highest BCUT2D eigenvalue weighted by Crippen LogP contribution is 2.53. The van der Waals surface area contributed by atoms with E-state index in [4.69, 9.17) is 18.3 Å². The zero-order valence-corrected chi connectivity index (χ0v) is 59.3. The van der Waals surface area contributed by atoms with E-state index in [2.05, 4.69) is 193 Å². The van der Waals surface area contributed by atoms with Gasteiger partial charge in [0.25, 0.3) is 0 Å². The summed E-state index contributed by atoms with van der Waals surface area (Å²) in [6, 6.07) is 52.5. The van der Waals surface area contributed by atoms with Crippen LogP contribution in [-0.2, 0) is 25.7 Å².